The molecule has 6 nitrogen and oxygen atoms in total. The van der Waals surface area contributed by atoms with Crippen molar-refractivity contribution in [3.8, 4) is 17.0 Å². The van der Waals surface area contributed by atoms with Crippen molar-refractivity contribution in [1.82, 2.24) is 10.3 Å². The number of nitrogens with zero attached hydrogens (tertiary/aromatic N) is 1. The summed E-state index contributed by atoms with van der Waals surface area (Å²) in [5.74, 6) is 0.210. The molecule has 2 atom stereocenters. The number of ether oxygens (including phenoxy) is 2. The lowest BCUT2D eigenvalue weighted by Crippen LogP contribution is -2.45. The highest BCUT2D eigenvalue weighted by atomic mass is 35.5. The minimum absolute atomic E-state index is 0.222. The fraction of sp³-hybridized carbons (Fsp3) is 0.455. The number of benzene rings is 1. The van der Waals surface area contributed by atoms with Gasteiger partial charge in [-0.2, -0.15) is 0 Å². The molecule has 1 amide bonds. The van der Waals surface area contributed by atoms with Crippen LogP contribution >= 0.6 is 11.6 Å². The van der Waals surface area contributed by atoms with Crippen LogP contribution in [0.1, 0.15) is 42.5 Å². The molecule has 2 N–H and O–H groups in total. The van der Waals surface area contributed by atoms with E-state index in [4.69, 9.17) is 21.1 Å². The van der Waals surface area contributed by atoms with Crippen LogP contribution in [0.25, 0.3) is 11.1 Å². The average molecular weight is 419 g/mol. The third kappa shape index (κ3) is 5.92. The van der Waals surface area contributed by atoms with Gasteiger partial charge in [0.15, 0.2) is 0 Å². The van der Waals surface area contributed by atoms with E-state index in [0.717, 1.165) is 36.8 Å². The van der Waals surface area contributed by atoms with Crippen molar-refractivity contribution < 1.29 is 19.4 Å². The van der Waals surface area contributed by atoms with Gasteiger partial charge >= 0.3 is 0 Å². The molecule has 7 heteroatoms. The summed E-state index contributed by atoms with van der Waals surface area (Å²) in [7, 11) is 1.65. The maximum atomic E-state index is 12.8. The number of rotatable bonds is 8. The van der Waals surface area contributed by atoms with Crippen molar-refractivity contribution in [3.05, 3.63) is 47.1 Å². The first-order valence-electron chi connectivity index (χ1n) is 9.95. The lowest BCUT2D eigenvalue weighted by Gasteiger charge is -2.28. The standard InChI is InChI=1S/C22H27ClN2O4/c1-28-11-4-12-29-22-18(15-7-9-17(23)10-8-15)13-16(14-24-22)21(27)25-19-5-2-3-6-20(19)26/h7-10,13-14,19-20,26H,2-6,11-12H2,1H3,(H,25,27)/t19-,20-/m1/s1. The van der Waals surface area contributed by atoms with Gasteiger partial charge in [0.2, 0.25) is 5.88 Å². The minimum Gasteiger partial charge on any atom is -0.477 e. The second-order valence-electron chi connectivity index (χ2n) is 7.21. The molecule has 1 fully saturated rings. The Morgan fingerprint density at radius 1 is 1.24 bits per heavy atom. The summed E-state index contributed by atoms with van der Waals surface area (Å²) < 4.78 is 10.9. The fourth-order valence-electron chi connectivity index (χ4n) is 3.43. The van der Waals surface area contributed by atoms with Gasteiger partial charge in [-0.25, -0.2) is 4.98 Å². The van der Waals surface area contributed by atoms with Crippen LogP contribution in [0, 0.1) is 0 Å². The molecule has 1 aliphatic rings. The SMILES string of the molecule is COCCCOc1ncc(C(=O)N[C@@H]2CCCC[C@H]2O)cc1-c1ccc(Cl)cc1. The number of hydrogen-bond donors (Lipinski definition) is 2. The zero-order chi connectivity index (χ0) is 20.6. The van der Waals surface area contributed by atoms with Crippen molar-refractivity contribution >= 4 is 17.5 Å². The van der Waals surface area contributed by atoms with Crippen LogP contribution < -0.4 is 10.1 Å². The summed E-state index contributed by atoms with van der Waals surface area (Å²) in [6.07, 6.45) is 5.24. The zero-order valence-corrected chi connectivity index (χ0v) is 17.3. The van der Waals surface area contributed by atoms with E-state index in [1.54, 1.807) is 25.3 Å². The Labute approximate surface area is 176 Å². The highest BCUT2D eigenvalue weighted by molar-refractivity contribution is 6.30. The molecule has 0 bridgehead atoms. The van der Waals surface area contributed by atoms with Gasteiger partial charge in [-0.3, -0.25) is 4.79 Å². The highest BCUT2D eigenvalue weighted by Crippen LogP contribution is 2.30. The van der Waals surface area contributed by atoms with Crippen molar-refractivity contribution in [3.63, 3.8) is 0 Å². The first kappa shape index (κ1) is 21.6. The molecule has 0 unspecified atom stereocenters. The molecule has 1 aromatic heterocycles. The predicted molar refractivity (Wildman–Crippen MR) is 112 cm³/mol. The molecule has 29 heavy (non-hydrogen) atoms. The van der Waals surface area contributed by atoms with Crippen LogP contribution in [-0.2, 0) is 4.74 Å². The summed E-state index contributed by atoms with van der Waals surface area (Å²) >= 11 is 6.01. The fourth-order valence-corrected chi connectivity index (χ4v) is 3.56. The number of hydrogen-bond acceptors (Lipinski definition) is 5. The molecule has 1 heterocycles. The van der Waals surface area contributed by atoms with E-state index in [0.29, 0.717) is 36.1 Å². The average Bonchev–Trinajstić information content (AvgIpc) is 2.73. The molecule has 0 saturated heterocycles. The molecule has 0 radical (unpaired) electrons. The van der Waals surface area contributed by atoms with E-state index < -0.39 is 6.10 Å². The van der Waals surface area contributed by atoms with Crippen LogP contribution in [0.3, 0.4) is 0 Å². The Morgan fingerprint density at radius 2 is 2.00 bits per heavy atom. The van der Waals surface area contributed by atoms with E-state index in [1.165, 1.54) is 6.20 Å². The third-order valence-electron chi connectivity index (χ3n) is 5.05. The Balaban J connectivity index is 1.81. The molecular weight excluding hydrogens is 392 g/mol. The van der Waals surface area contributed by atoms with E-state index >= 15 is 0 Å². The maximum absolute atomic E-state index is 12.8. The molecule has 1 aliphatic carbocycles. The number of aliphatic hydroxyl groups excluding tert-OH is 1. The molecule has 1 aromatic carbocycles. The molecule has 0 spiro atoms. The van der Waals surface area contributed by atoms with Gasteiger partial charge in [-0.05, 0) is 36.6 Å². The Bertz CT molecular complexity index is 813. The number of aliphatic hydroxyl groups is 1. The van der Waals surface area contributed by atoms with Crippen LogP contribution in [0.5, 0.6) is 5.88 Å². The molecule has 3 rings (SSSR count). The second-order valence-corrected chi connectivity index (χ2v) is 7.65. The monoisotopic (exact) mass is 418 g/mol. The van der Waals surface area contributed by atoms with Gasteiger partial charge < -0.3 is 19.9 Å². The van der Waals surface area contributed by atoms with E-state index in [2.05, 4.69) is 10.3 Å². The van der Waals surface area contributed by atoms with Gasteiger partial charge in [0, 0.05) is 36.9 Å². The summed E-state index contributed by atoms with van der Waals surface area (Å²) in [6, 6.07) is 8.86. The topological polar surface area (TPSA) is 80.7 Å². The summed E-state index contributed by atoms with van der Waals surface area (Å²) in [5.41, 5.74) is 2.00. The van der Waals surface area contributed by atoms with Gasteiger partial charge in [0.05, 0.1) is 24.3 Å². The normalized spacial score (nSPS) is 19.0. The predicted octanol–water partition coefficient (Wildman–Crippen LogP) is 3.85. The number of carbonyl (C=O) groups is 1. The van der Waals surface area contributed by atoms with Gasteiger partial charge in [0.1, 0.15) is 0 Å². The first-order chi connectivity index (χ1) is 14.1. The maximum Gasteiger partial charge on any atom is 0.253 e. The number of pyridine rings is 1. The van der Waals surface area contributed by atoms with Gasteiger partial charge in [-0.15, -0.1) is 0 Å². The smallest absolute Gasteiger partial charge is 0.253 e. The number of carbonyl (C=O) groups excluding carboxylic acids is 1. The Morgan fingerprint density at radius 3 is 2.72 bits per heavy atom. The molecule has 0 aliphatic heterocycles. The summed E-state index contributed by atoms with van der Waals surface area (Å²) in [5, 5.41) is 13.7. The molecule has 156 valence electrons. The third-order valence-corrected chi connectivity index (χ3v) is 5.30. The first-order valence-corrected chi connectivity index (χ1v) is 10.3. The quantitative estimate of drug-likeness (QED) is 0.636. The van der Waals surface area contributed by atoms with Crippen molar-refractivity contribution in [2.24, 2.45) is 0 Å². The van der Waals surface area contributed by atoms with E-state index in [1.807, 2.05) is 12.1 Å². The van der Waals surface area contributed by atoms with Crippen molar-refractivity contribution in [2.75, 3.05) is 20.3 Å². The van der Waals surface area contributed by atoms with E-state index in [-0.39, 0.29) is 11.9 Å². The van der Waals surface area contributed by atoms with Crippen molar-refractivity contribution in [1.29, 1.82) is 0 Å². The lowest BCUT2D eigenvalue weighted by atomic mass is 9.92. The highest BCUT2D eigenvalue weighted by Gasteiger charge is 2.25. The Kier molecular flexibility index (Phi) is 7.86. The zero-order valence-electron chi connectivity index (χ0n) is 16.6. The van der Waals surface area contributed by atoms with Crippen LogP contribution in [0.4, 0.5) is 0 Å². The number of aromatic nitrogens is 1. The minimum atomic E-state index is -0.500. The number of halogens is 1. The lowest BCUT2D eigenvalue weighted by molar-refractivity contribution is 0.0717. The second kappa shape index (κ2) is 10.6. The summed E-state index contributed by atoms with van der Waals surface area (Å²) in [6.45, 7) is 1.06. The molecule has 2 aromatic rings. The number of methoxy groups -OCH3 is 1. The summed E-state index contributed by atoms with van der Waals surface area (Å²) in [4.78, 5) is 17.2. The number of nitrogens with one attached hydrogen (secondary N) is 1. The van der Waals surface area contributed by atoms with Gasteiger partial charge in [-0.1, -0.05) is 36.6 Å². The number of amides is 1. The largest absolute Gasteiger partial charge is 0.477 e. The van der Waals surface area contributed by atoms with E-state index in [9.17, 15) is 9.90 Å². The molecular formula is C22H27ClN2O4. The molecule has 1 saturated carbocycles. The van der Waals surface area contributed by atoms with Crippen LogP contribution in [-0.4, -0.2) is 48.5 Å². The van der Waals surface area contributed by atoms with Gasteiger partial charge in [0.25, 0.3) is 5.91 Å². The van der Waals surface area contributed by atoms with Crippen LogP contribution in [0.15, 0.2) is 36.5 Å². The Hall–Kier alpha value is -2.15. The van der Waals surface area contributed by atoms with Crippen molar-refractivity contribution in [2.45, 2.75) is 44.2 Å². The van der Waals surface area contributed by atoms with Crippen LogP contribution in [0.2, 0.25) is 5.02 Å².